The van der Waals surface area contributed by atoms with Gasteiger partial charge in [0, 0.05) is 16.1 Å². The summed E-state index contributed by atoms with van der Waals surface area (Å²) in [6.07, 6.45) is 4.96. The van der Waals surface area contributed by atoms with E-state index >= 15 is 0 Å². The van der Waals surface area contributed by atoms with Crippen LogP contribution < -0.4 is 0 Å². The second-order valence-corrected chi connectivity index (χ2v) is 8.75. The maximum Gasteiger partial charge on any atom is 0.312 e. The minimum Gasteiger partial charge on any atom is -0.466 e. The summed E-state index contributed by atoms with van der Waals surface area (Å²) in [6, 6.07) is 14.1. The van der Waals surface area contributed by atoms with E-state index in [-0.39, 0.29) is 5.97 Å². The van der Waals surface area contributed by atoms with Crippen molar-refractivity contribution in [3.63, 3.8) is 0 Å². The molecule has 1 atom stereocenters. The number of aromatic amines is 1. The molecule has 152 valence electrons. The standard InChI is InChI=1S/C24H25Cl2NO2/c1-2-29-23(28)24(11-6-9-16-7-4-3-5-8-16)12-10-21-19(15-24)18-13-17(25)14-20(26)22(18)27-21/h3-5,7-8,13-14,27H,2,6,9-12,15H2,1H3. The smallest absolute Gasteiger partial charge is 0.312 e. The first-order valence-electron chi connectivity index (χ1n) is 10.2. The molecule has 0 amide bonds. The molecule has 5 heteroatoms. The molecule has 2 aromatic carbocycles. The molecule has 1 heterocycles. The Kier molecular flexibility index (Phi) is 5.89. The normalized spacial score (nSPS) is 18.6. The van der Waals surface area contributed by atoms with Crippen LogP contribution in [0.15, 0.2) is 42.5 Å². The Bertz CT molecular complexity index is 1030. The van der Waals surface area contributed by atoms with Crippen LogP contribution in [-0.2, 0) is 28.8 Å². The zero-order valence-electron chi connectivity index (χ0n) is 16.6. The number of aromatic nitrogens is 1. The predicted molar refractivity (Wildman–Crippen MR) is 119 cm³/mol. The first-order valence-corrected chi connectivity index (χ1v) is 11.0. The van der Waals surface area contributed by atoms with Crippen molar-refractivity contribution in [2.24, 2.45) is 5.41 Å². The highest BCUT2D eigenvalue weighted by Crippen LogP contribution is 2.44. The maximum atomic E-state index is 13.1. The molecule has 1 aliphatic rings. The van der Waals surface area contributed by atoms with Crippen LogP contribution in [0.1, 0.15) is 43.0 Å². The molecule has 29 heavy (non-hydrogen) atoms. The van der Waals surface area contributed by atoms with Gasteiger partial charge in [0.05, 0.1) is 22.6 Å². The van der Waals surface area contributed by atoms with Crippen LogP contribution in [0.25, 0.3) is 10.9 Å². The van der Waals surface area contributed by atoms with Crippen LogP contribution >= 0.6 is 23.2 Å². The van der Waals surface area contributed by atoms with Crippen LogP contribution in [0.4, 0.5) is 0 Å². The summed E-state index contributed by atoms with van der Waals surface area (Å²) in [6.45, 7) is 2.27. The van der Waals surface area contributed by atoms with E-state index in [1.165, 1.54) is 5.56 Å². The molecule has 3 nitrogen and oxygen atoms in total. The number of carbonyl (C=O) groups excluding carboxylic acids is 1. The molecule has 0 spiro atoms. The van der Waals surface area contributed by atoms with Crippen LogP contribution in [0, 0.1) is 5.41 Å². The summed E-state index contributed by atoms with van der Waals surface area (Å²) in [5.41, 5.74) is 4.02. The van der Waals surface area contributed by atoms with Gasteiger partial charge in [-0.25, -0.2) is 0 Å². The van der Waals surface area contributed by atoms with Crippen molar-refractivity contribution in [3.8, 4) is 0 Å². The molecule has 4 rings (SSSR count). The largest absolute Gasteiger partial charge is 0.466 e. The first kappa shape index (κ1) is 20.3. The third-order valence-electron chi connectivity index (χ3n) is 6.06. The van der Waals surface area contributed by atoms with Gasteiger partial charge in [-0.3, -0.25) is 4.79 Å². The Labute approximate surface area is 181 Å². The van der Waals surface area contributed by atoms with Gasteiger partial charge in [0.1, 0.15) is 0 Å². The summed E-state index contributed by atoms with van der Waals surface area (Å²) in [7, 11) is 0. The van der Waals surface area contributed by atoms with Crippen molar-refractivity contribution in [1.29, 1.82) is 0 Å². The first-order chi connectivity index (χ1) is 14.0. The van der Waals surface area contributed by atoms with E-state index in [0.717, 1.165) is 54.3 Å². The fourth-order valence-corrected chi connectivity index (χ4v) is 5.12. The number of ether oxygens (including phenoxy) is 1. The lowest BCUT2D eigenvalue weighted by Crippen LogP contribution is -2.38. The lowest BCUT2D eigenvalue weighted by Gasteiger charge is -2.35. The number of rotatable bonds is 6. The molecule has 1 N–H and O–H groups in total. The molecular weight excluding hydrogens is 405 g/mol. The molecule has 0 saturated carbocycles. The fraction of sp³-hybridized carbons (Fsp3) is 0.375. The number of aryl methyl sites for hydroxylation is 2. The third-order valence-corrected chi connectivity index (χ3v) is 6.58. The van der Waals surface area contributed by atoms with E-state index in [9.17, 15) is 4.79 Å². The SMILES string of the molecule is CCOC(=O)C1(CCCc2ccccc2)CCc2[nH]c3c(Cl)cc(Cl)cc3c2C1. The molecule has 3 aromatic rings. The van der Waals surface area contributed by atoms with Crippen LogP contribution in [0.2, 0.25) is 10.0 Å². The average molecular weight is 430 g/mol. The van der Waals surface area contributed by atoms with E-state index in [1.807, 2.05) is 19.1 Å². The zero-order chi connectivity index (χ0) is 20.4. The molecule has 0 saturated heterocycles. The number of H-pyrrole nitrogens is 1. The second kappa shape index (κ2) is 8.41. The van der Waals surface area contributed by atoms with Gasteiger partial charge in [0.2, 0.25) is 0 Å². The quantitative estimate of drug-likeness (QED) is 0.452. The molecule has 0 bridgehead atoms. The number of halogens is 2. The number of benzene rings is 2. The molecule has 0 aliphatic heterocycles. The topological polar surface area (TPSA) is 42.1 Å². The van der Waals surface area contributed by atoms with E-state index in [4.69, 9.17) is 27.9 Å². The Hall–Kier alpha value is -1.97. The Morgan fingerprint density at radius 1 is 1.21 bits per heavy atom. The summed E-state index contributed by atoms with van der Waals surface area (Å²) >= 11 is 12.7. The highest BCUT2D eigenvalue weighted by atomic mass is 35.5. The molecule has 0 fully saturated rings. The highest BCUT2D eigenvalue weighted by molar-refractivity contribution is 6.38. The summed E-state index contributed by atoms with van der Waals surface area (Å²) in [5, 5.41) is 2.25. The number of carbonyl (C=O) groups is 1. The lowest BCUT2D eigenvalue weighted by atomic mass is 9.69. The van der Waals surface area contributed by atoms with E-state index in [1.54, 1.807) is 6.07 Å². The van der Waals surface area contributed by atoms with Crippen LogP contribution in [-0.4, -0.2) is 17.6 Å². The third kappa shape index (κ3) is 4.04. The van der Waals surface area contributed by atoms with Crippen molar-refractivity contribution in [3.05, 3.63) is 69.3 Å². The molecule has 0 radical (unpaired) electrons. The van der Waals surface area contributed by atoms with Crippen molar-refractivity contribution in [2.45, 2.75) is 45.4 Å². The monoisotopic (exact) mass is 429 g/mol. The summed E-state index contributed by atoms with van der Waals surface area (Å²) in [5.74, 6) is -0.0822. The van der Waals surface area contributed by atoms with Crippen molar-refractivity contribution in [2.75, 3.05) is 6.61 Å². The van der Waals surface area contributed by atoms with Gasteiger partial charge in [-0.2, -0.15) is 0 Å². The van der Waals surface area contributed by atoms with Gasteiger partial charge in [-0.05, 0) is 68.7 Å². The Morgan fingerprint density at radius 2 is 2.00 bits per heavy atom. The average Bonchev–Trinajstić information content (AvgIpc) is 3.07. The Morgan fingerprint density at radius 3 is 2.76 bits per heavy atom. The number of esters is 1. The van der Waals surface area contributed by atoms with Gasteiger partial charge in [-0.15, -0.1) is 0 Å². The van der Waals surface area contributed by atoms with Gasteiger partial charge >= 0.3 is 5.97 Å². The van der Waals surface area contributed by atoms with Crippen LogP contribution in [0.3, 0.4) is 0 Å². The van der Waals surface area contributed by atoms with Crippen molar-refractivity contribution >= 4 is 40.1 Å². The number of hydrogen-bond acceptors (Lipinski definition) is 2. The summed E-state index contributed by atoms with van der Waals surface area (Å²) in [4.78, 5) is 16.5. The van der Waals surface area contributed by atoms with Crippen molar-refractivity contribution in [1.82, 2.24) is 4.98 Å². The van der Waals surface area contributed by atoms with Crippen LogP contribution in [0.5, 0.6) is 0 Å². The molecule has 1 aromatic heterocycles. The van der Waals surface area contributed by atoms with E-state index < -0.39 is 5.41 Å². The van der Waals surface area contributed by atoms with Gasteiger partial charge in [0.25, 0.3) is 0 Å². The fourth-order valence-electron chi connectivity index (χ4n) is 4.58. The summed E-state index contributed by atoms with van der Waals surface area (Å²) < 4.78 is 5.54. The van der Waals surface area contributed by atoms with Crippen molar-refractivity contribution < 1.29 is 9.53 Å². The number of fused-ring (bicyclic) bond motifs is 3. The zero-order valence-corrected chi connectivity index (χ0v) is 18.1. The van der Waals surface area contributed by atoms with Gasteiger partial charge in [-0.1, -0.05) is 53.5 Å². The highest BCUT2D eigenvalue weighted by Gasteiger charge is 2.43. The molecular formula is C24H25Cl2NO2. The van der Waals surface area contributed by atoms with Gasteiger partial charge < -0.3 is 9.72 Å². The van der Waals surface area contributed by atoms with Gasteiger partial charge in [0.15, 0.2) is 0 Å². The van der Waals surface area contributed by atoms with E-state index in [0.29, 0.717) is 23.1 Å². The maximum absolute atomic E-state index is 13.1. The molecule has 1 aliphatic carbocycles. The molecule has 1 unspecified atom stereocenters. The lowest BCUT2D eigenvalue weighted by molar-refractivity contribution is -0.157. The minimum absolute atomic E-state index is 0.0822. The van der Waals surface area contributed by atoms with E-state index in [2.05, 4.69) is 29.2 Å². The number of nitrogens with one attached hydrogen (secondary N) is 1. The predicted octanol–water partition coefficient (Wildman–Crippen LogP) is 6.54. The second-order valence-electron chi connectivity index (χ2n) is 7.91. The Balaban J connectivity index is 1.63. The minimum atomic E-state index is -0.498. The number of hydrogen-bond donors (Lipinski definition) is 1.